The molecule has 4 heteroatoms. The number of hydrogen-bond donors (Lipinski definition) is 0. The lowest BCUT2D eigenvalue weighted by molar-refractivity contribution is 0.630. The van der Waals surface area contributed by atoms with Crippen LogP contribution in [0.3, 0.4) is 0 Å². The summed E-state index contributed by atoms with van der Waals surface area (Å²) >= 11 is 1.59. The molecule has 0 saturated heterocycles. The van der Waals surface area contributed by atoms with Crippen LogP contribution in [0, 0.1) is 5.82 Å². The Hall–Kier alpha value is -1.94. The van der Waals surface area contributed by atoms with E-state index in [1.54, 1.807) is 17.4 Å². The summed E-state index contributed by atoms with van der Waals surface area (Å²) in [6.45, 7) is 3.13. The van der Waals surface area contributed by atoms with Crippen LogP contribution in [-0.4, -0.2) is 11.5 Å². The Bertz CT molecular complexity index is 724. The van der Waals surface area contributed by atoms with Gasteiger partial charge in [0, 0.05) is 40.1 Å². The highest BCUT2D eigenvalue weighted by Gasteiger charge is 2.14. The summed E-state index contributed by atoms with van der Waals surface area (Å²) in [6, 6.07) is 9.04. The minimum absolute atomic E-state index is 0.181. The van der Waals surface area contributed by atoms with Gasteiger partial charge in [-0.1, -0.05) is 13.3 Å². The van der Waals surface area contributed by atoms with Crippen molar-refractivity contribution in [2.45, 2.75) is 19.8 Å². The summed E-state index contributed by atoms with van der Waals surface area (Å²) in [4.78, 5) is 6.38. The van der Waals surface area contributed by atoms with Crippen molar-refractivity contribution in [3.05, 3.63) is 53.9 Å². The van der Waals surface area contributed by atoms with E-state index < -0.39 is 0 Å². The number of nitrogens with zero attached hydrogens (tertiary/aromatic N) is 2. The molecule has 2 nitrogen and oxygen atoms in total. The Labute approximate surface area is 127 Å². The Morgan fingerprint density at radius 2 is 2.00 bits per heavy atom. The summed E-state index contributed by atoms with van der Waals surface area (Å²) < 4.78 is 14.3. The molecule has 0 unspecified atom stereocenters. The maximum atomic E-state index is 13.4. The van der Waals surface area contributed by atoms with E-state index in [1.165, 1.54) is 6.07 Å². The van der Waals surface area contributed by atoms with Crippen LogP contribution in [0.25, 0.3) is 10.1 Å². The topological polar surface area (TPSA) is 16.1 Å². The first kappa shape index (κ1) is 14.0. The van der Waals surface area contributed by atoms with Gasteiger partial charge in [0.15, 0.2) is 0 Å². The summed E-state index contributed by atoms with van der Waals surface area (Å²) in [7, 11) is 0. The van der Waals surface area contributed by atoms with Gasteiger partial charge in [0.1, 0.15) is 5.82 Å². The Morgan fingerprint density at radius 3 is 2.76 bits per heavy atom. The molecule has 3 aromatic rings. The highest BCUT2D eigenvalue weighted by atomic mass is 32.1. The van der Waals surface area contributed by atoms with Crippen molar-refractivity contribution >= 4 is 32.8 Å². The van der Waals surface area contributed by atoms with Crippen LogP contribution >= 0.6 is 11.3 Å². The van der Waals surface area contributed by atoms with Crippen LogP contribution in [-0.2, 0) is 0 Å². The molecule has 0 bridgehead atoms. The first-order chi connectivity index (χ1) is 10.3. The molecule has 2 heterocycles. The lowest BCUT2D eigenvalue weighted by Crippen LogP contribution is -2.17. The zero-order valence-corrected chi connectivity index (χ0v) is 12.7. The van der Waals surface area contributed by atoms with Crippen molar-refractivity contribution in [2.24, 2.45) is 0 Å². The normalized spacial score (nSPS) is 11.0. The van der Waals surface area contributed by atoms with Crippen molar-refractivity contribution in [2.75, 3.05) is 11.4 Å². The molecule has 0 spiro atoms. The highest BCUT2D eigenvalue weighted by Crippen LogP contribution is 2.37. The number of benzene rings is 1. The molecule has 0 aliphatic heterocycles. The molecule has 0 saturated carbocycles. The van der Waals surface area contributed by atoms with Crippen LogP contribution in [0.15, 0.2) is 48.1 Å². The number of halogens is 1. The van der Waals surface area contributed by atoms with E-state index in [2.05, 4.69) is 22.2 Å². The molecule has 108 valence electrons. The number of anilines is 2. The standard InChI is InChI=1S/C17H17FN2S/c1-2-3-10-20(14-6-8-19-9-7-14)16-12-21-17-11-13(18)4-5-15(16)17/h4-9,11-12H,2-3,10H2,1H3. The number of fused-ring (bicyclic) bond motifs is 1. The van der Waals surface area contributed by atoms with Crippen molar-refractivity contribution in [3.63, 3.8) is 0 Å². The van der Waals surface area contributed by atoms with E-state index >= 15 is 0 Å². The average Bonchev–Trinajstić information content (AvgIpc) is 2.92. The molecule has 0 N–H and O–H groups in total. The fraction of sp³-hybridized carbons (Fsp3) is 0.235. The molecule has 0 fully saturated rings. The van der Waals surface area contributed by atoms with Crippen LogP contribution in [0.1, 0.15) is 19.8 Å². The fourth-order valence-corrected chi connectivity index (χ4v) is 3.40. The van der Waals surface area contributed by atoms with Crippen LogP contribution in [0.5, 0.6) is 0 Å². The molecule has 0 aliphatic rings. The van der Waals surface area contributed by atoms with E-state index in [0.29, 0.717) is 0 Å². The molecular formula is C17H17FN2S. The zero-order chi connectivity index (χ0) is 14.7. The number of thiophene rings is 1. The third-order valence-electron chi connectivity index (χ3n) is 3.52. The van der Waals surface area contributed by atoms with E-state index in [4.69, 9.17) is 0 Å². The van der Waals surface area contributed by atoms with Crippen molar-refractivity contribution < 1.29 is 4.39 Å². The van der Waals surface area contributed by atoms with Crippen molar-refractivity contribution in [1.29, 1.82) is 0 Å². The minimum atomic E-state index is -0.181. The average molecular weight is 300 g/mol. The SMILES string of the molecule is CCCCN(c1ccncc1)c1csc2cc(F)ccc12. The van der Waals surface area contributed by atoms with Gasteiger partial charge in [0.25, 0.3) is 0 Å². The molecule has 1 aromatic carbocycles. The summed E-state index contributed by atoms with van der Waals surface area (Å²) in [6.07, 6.45) is 5.87. The van der Waals surface area contributed by atoms with Gasteiger partial charge >= 0.3 is 0 Å². The number of pyridine rings is 1. The molecule has 0 radical (unpaired) electrons. The largest absolute Gasteiger partial charge is 0.340 e. The Balaban J connectivity index is 2.06. The fourth-order valence-electron chi connectivity index (χ4n) is 2.43. The van der Waals surface area contributed by atoms with Crippen molar-refractivity contribution in [3.8, 4) is 0 Å². The smallest absolute Gasteiger partial charge is 0.124 e. The van der Waals surface area contributed by atoms with E-state index in [9.17, 15) is 4.39 Å². The van der Waals surface area contributed by atoms with Gasteiger partial charge in [0.05, 0.1) is 5.69 Å². The van der Waals surface area contributed by atoms with Gasteiger partial charge < -0.3 is 4.90 Å². The van der Waals surface area contributed by atoms with E-state index in [1.807, 2.05) is 30.6 Å². The van der Waals surface area contributed by atoms with Crippen LogP contribution < -0.4 is 4.90 Å². The second-order valence-corrected chi connectivity index (χ2v) is 5.88. The van der Waals surface area contributed by atoms with Gasteiger partial charge in [-0.05, 0) is 36.8 Å². The first-order valence-corrected chi connectivity index (χ1v) is 8.02. The quantitative estimate of drug-likeness (QED) is 0.629. The maximum Gasteiger partial charge on any atom is 0.124 e. The van der Waals surface area contributed by atoms with E-state index in [-0.39, 0.29) is 5.82 Å². The van der Waals surface area contributed by atoms with Gasteiger partial charge in [0.2, 0.25) is 0 Å². The van der Waals surface area contributed by atoms with Gasteiger partial charge in [-0.25, -0.2) is 4.39 Å². The number of aromatic nitrogens is 1. The molecule has 0 aliphatic carbocycles. The van der Waals surface area contributed by atoms with Gasteiger partial charge in [-0.3, -0.25) is 4.98 Å². The zero-order valence-electron chi connectivity index (χ0n) is 11.9. The second-order valence-electron chi connectivity index (χ2n) is 4.97. The van der Waals surface area contributed by atoms with Crippen molar-refractivity contribution in [1.82, 2.24) is 4.98 Å². The summed E-state index contributed by atoms with van der Waals surface area (Å²) in [5.74, 6) is -0.181. The number of rotatable bonds is 5. The molecule has 2 aromatic heterocycles. The summed E-state index contributed by atoms with van der Waals surface area (Å²) in [5, 5.41) is 3.22. The minimum Gasteiger partial charge on any atom is -0.340 e. The summed E-state index contributed by atoms with van der Waals surface area (Å²) in [5.41, 5.74) is 2.28. The third kappa shape index (κ3) is 2.90. The second kappa shape index (κ2) is 6.22. The third-order valence-corrected chi connectivity index (χ3v) is 4.45. The number of hydrogen-bond acceptors (Lipinski definition) is 3. The predicted molar refractivity (Wildman–Crippen MR) is 87.9 cm³/mol. The van der Waals surface area contributed by atoms with Gasteiger partial charge in [-0.15, -0.1) is 11.3 Å². The first-order valence-electron chi connectivity index (χ1n) is 7.14. The highest BCUT2D eigenvalue weighted by molar-refractivity contribution is 7.17. The maximum absolute atomic E-state index is 13.4. The van der Waals surface area contributed by atoms with E-state index in [0.717, 1.165) is 40.8 Å². The van der Waals surface area contributed by atoms with Crippen LogP contribution in [0.4, 0.5) is 15.8 Å². The monoisotopic (exact) mass is 300 g/mol. The Morgan fingerprint density at radius 1 is 1.19 bits per heavy atom. The molecule has 21 heavy (non-hydrogen) atoms. The van der Waals surface area contributed by atoms with Gasteiger partial charge in [-0.2, -0.15) is 0 Å². The lowest BCUT2D eigenvalue weighted by Gasteiger charge is -2.24. The Kier molecular flexibility index (Phi) is 4.15. The molecule has 3 rings (SSSR count). The lowest BCUT2D eigenvalue weighted by atomic mass is 10.2. The molecule has 0 amide bonds. The van der Waals surface area contributed by atoms with Crippen LogP contribution in [0.2, 0.25) is 0 Å². The predicted octanol–water partition coefficient (Wildman–Crippen LogP) is 5.37. The number of unbranched alkanes of at least 4 members (excludes halogenated alkanes) is 1. The molecular weight excluding hydrogens is 283 g/mol. The molecule has 0 atom stereocenters.